The van der Waals surface area contributed by atoms with Gasteiger partial charge < -0.3 is 20.3 Å². The van der Waals surface area contributed by atoms with E-state index < -0.39 is 0 Å². The molecule has 30 heavy (non-hydrogen) atoms. The van der Waals surface area contributed by atoms with Crippen LogP contribution in [0.3, 0.4) is 0 Å². The van der Waals surface area contributed by atoms with E-state index in [1.807, 2.05) is 6.92 Å². The third-order valence-electron chi connectivity index (χ3n) is 5.63. The molecule has 2 aliphatic heterocycles. The predicted molar refractivity (Wildman–Crippen MR) is 116 cm³/mol. The molecule has 0 saturated carbocycles. The second-order valence-corrected chi connectivity index (χ2v) is 7.58. The van der Waals surface area contributed by atoms with Crippen molar-refractivity contribution in [1.82, 2.24) is 10.3 Å². The zero-order valence-corrected chi connectivity index (χ0v) is 17.4. The van der Waals surface area contributed by atoms with Gasteiger partial charge in [-0.1, -0.05) is 19.1 Å². The summed E-state index contributed by atoms with van der Waals surface area (Å²) in [6.45, 7) is 4.14. The number of ether oxygens (including phenoxy) is 1. The second kappa shape index (κ2) is 8.61. The average molecular weight is 409 g/mol. The molecule has 1 atom stereocenters. The first-order chi connectivity index (χ1) is 14.6. The molecule has 3 amide bonds. The van der Waals surface area contributed by atoms with Gasteiger partial charge in [0.05, 0.1) is 25.0 Å². The Morgan fingerprint density at radius 1 is 1.27 bits per heavy atom. The van der Waals surface area contributed by atoms with Gasteiger partial charge in [-0.3, -0.25) is 9.69 Å². The van der Waals surface area contributed by atoms with E-state index in [1.165, 1.54) is 36.7 Å². The Morgan fingerprint density at radius 2 is 2.00 bits per heavy atom. The van der Waals surface area contributed by atoms with Gasteiger partial charge in [-0.25, -0.2) is 9.78 Å². The van der Waals surface area contributed by atoms with Gasteiger partial charge in [0, 0.05) is 24.8 Å². The lowest BCUT2D eigenvalue weighted by atomic mass is 10.0. The van der Waals surface area contributed by atoms with Crippen molar-refractivity contribution in [3.05, 3.63) is 42.1 Å². The molecule has 8 nitrogen and oxygen atoms in total. The highest BCUT2D eigenvalue weighted by molar-refractivity contribution is 6.08. The topological polar surface area (TPSA) is 86.8 Å². The first kappa shape index (κ1) is 20.0. The number of rotatable bonds is 5. The van der Waals surface area contributed by atoms with Crippen LogP contribution < -0.4 is 25.2 Å². The summed E-state index contributed by atoms with van der Waals surface area (Å²) < 4.78 is 5.16. The molecular weight excluding hydrogens is 382 g/mol. The summed E-state index contributed by atoms with van der Waals surface area (Å²) in [5, 5.41) is 5.80. The van der Waals surface area contributed by atoms with Gasteiger partial charge in [-0.2, -0.15) is 0 Å². The van der Waals surface area contributed by atoms with Crippen LogP contribution in [0.1, 0.15) is 37.8 Å². The Labute approximate surface area is 176 Å². The number of hydrogen-bond donors (Lipinski definition) is 2. The van der Waals surface area contributed by atoms with Crippen LogP contribution in [0.5, 0.6) is 5.75 Å². The number of benzene rings is 1. The van der Waals surface area contributed by atoms with Crippen molar-refractivity contribution in [3.8, 4) is 5.75 Å². The lowest BCUT2D eigenvalue weighted by molar-refractivity contribution is -0.115. The monoisotopic (exact) mass is 409 g/mol. The van der Waals surface area contributed by atoms with E-state index in [4.69, 9.17) is 4.74 Å². The molecule has 1 saturated heterocycles. The van der Waals surface area contributed by atoms with Crippen molar-refractivity contribution in [2.75, 3.05) is 41.9 Å². The first-order valence-electron chi connectivity index (χ1n) is 10.4. The van der Waals surface area contributed by atoms with Crippen LogP contribution in [0, 0.1) is 0 Å². The number of carbonyl (C=O) groups excluding carboxylic acids is 2. The normalized spacial score (nSPS) is 16.7. The fraction of sp³-hybridized carbons (Fsp3) is 0.409. The smallest absolute Gasteiger partial charge is 0.324 e. The molecule has 158 valence electrons. The highest BCUT2D eigenvalue weighted by atomic mass is 16.5. The van der Waals surface area contributed by atoms with E-state index in [0.29, 0.717) is 17.3 Å². The van der Waals surface area contributed by atoms with Crippen LogP contribution in [0.25, 0.3) is 0 Å². The molecule has 1 unspecified atom stereocenters. The van der Waals surface area contributed by atoms with Crippen molar-refractivity contribution >= 4 is 29.1 Å². The summed E-state index contributed by atoms with van der Waals surface area (Å²) in [5.41, 5.74) is 2.72. The summed E-state index contributed by atoms with van der Waals surface area (Å²) in [6.07, 6.45) is 4.74. The maximum Gasteiger partial charge on any atom is 0.324 e. The van der Waals surface area contributed by atoms with Crippen molar-refractivity contribution in [3.63, 3.8) is 0 Å². The maximum atomic E-state index is 13.0. The van der Waals surface area contributed by atoms with E-state index in [0.717, 1.165) is 25.1 Å². The Morgan fingerprint density at radius 3 is 2.67 bits per heavy atom. The molecular formula is C22H27N5O3. The maximum absolute atomic E-state index is 13.0. The van der Waals surface area contributed by atoms with E-state index in [2.05, 4.69) is 44.8 Å². The summed E-state index contributed by atoms with van der Waals surface area (Å²) in [5.74, 6) is 0.656. The molecule has 4 rings (SSSR count). The van der Waals surface area contributed by atoms with Crippen molar-refractivity contribution in [2.24, 2.45) is 0 Å². The van der Waals surface area contributed by atoms with Gasteiger partial charge in [0.1, 0.15) is 12.3 Å². The average Bonchev–Trinajstić information content (AvgIpc) is 3.31. The van der Waals surface area contributed by atoms with Crippen LogP contribution in [0.4, 0.5) is 22.0 Å². The second-order valence-electron chi connectivity index (χ2n) is 7.58. The molecule has 0 radical (unpaired) electrons. The largest absolute Gasteiger partial charge is 0.495 e. The lowest BCUT2D eigenvalue weighted by Gasteiger charge is -2.30. The third kappa shape index (κ3) is 4.03. The summed E-state index contributed by atoms with van der Waals surface area (Å²) in [7, 11) is 1.53. The van der Waals surface area contributed by atoms with Crippen molar-refractivity contribution < 1.29 is 14.3 Å². The molecule has 0 aliphatic carbocycles. The van der Waals surface area contributed by atoms with Crippen LogP contribution in [-0.4, -0.2) is 43.7 Å². The van der Waals surface area contributed by atoms with Crippen LogP contribution in [0.2, 0.25) is 0 Å². The zero-order valence-electron chi connectivity index (χ0n) is 17.4. The molecule has 1 fully saturated rings. The van der Waals surface area contributed by atoms with Gasteiger partial charge in [-0.15, -0.1) is 0 Å². The number of aromatic nitrogens is 1. The molecule has 0 bridgehead atoms. The van der Waals surface area contributed by atoms with Crippen LogP contribution in [0.15, 0.2) is 36.5 Å². The summed E-state index contributed by atoms with van der Waals surface area (Å²) in [4.78, 5) is 33.2. The van der Waals surface area contributed by atoms with Crippen molar-refractivity contribution in [1.29, 1.82) is 0 Å². The van der Waals surface area contributed by atoms with E-state index >= 15 is 0 Å². The number of hydrogen-bond acceptors (Lipinski definition) is 5. The molecule has 1 aromatic heterocycles. The zero-order chi connectivity index (χ0) is 21.1. The Bertz CT molecular complexity index is 925. The molecule has 2 aliphatic rings. The quantitative estimate of drug-likeness (QED) is 0.791. The Kier molecular flexibility index (Phi) is 5.74. The highest BCUT2D eigenvalue weighted by Crippen LogP contribution is 2.31. The molecule has 2 N–H and O–H groups in total. The lowest BCUT2D eigenvalue weighted by Crippen LogP contribution is -2.48. The minimum Gasteiger partial charge on any atom is -0.495 e. The molecule has 8 heteroatoms. The first-order valence-corrected chi connectivity index (χ1v) is 10.4. The van der Waals surface area contributed by atoms with Crippen LogP contribution in [-0.2, 0) is 4.79 Å². The number of carbonyl (C=O) groups is 2. The number of fused-ring (bicyclic) bond motifs is 1. The number of methoxy groups -OCH3 is 1. The predicted octanol–water partition coefficient (Wildman–Crippen LogP) is 3.31. The molecule has 2 aromatic rings. The van der Waals surface area contributed by atoms with Crippen LogP contribution >= 0.6 is 0 Å². The molecule has 1 aromatic carbocycles. The van der Waals surface area contributed by atoms with Gasteiger partial charge >= 0.3 is 6.03 Å². The number of anilines is 3. The van der Waals surface area contributed by atoms with E-state index in [-0.39, 0.29) is 24.5 Å². The van der Waals surface area contributed by atoms with Gasteiger partial charge in [-0.05, 0) is 37.0 Å². The number of amides is 3. The number of pyridine rings is 1. The SMILES string of the molecule is CCC(NC(=O)N1CC(=O)Nc2cc(OC)cnc21)c1ccc(N2CCCC2)cc1. The minimum atomic E-state index is -0.348. The minimum absolute atomic E-state index is 0.0809. The fourth-order valence-electron chi connectivity index (χ4n) is 3.97. The van der Waals surface area contributed by atoms with Gasteiger partial charge in [0.25, 0.3) is 0 Å². The Hall–Kier alpha value is -3.29. The van der Waals surface area contributed by atoms with Crippen molar-refractivity contribution in [2.45, 2.75) is 32.2 Å². The molecule has 0 spiro atoms. The third-order valence-corrected chi connectivity index (χ3v) is 5.63. The summed E-state index contributed by atoms with van der Waals surface area (Å²) >= 11 is 0. The number of nitrogens with zero attached hydrogens (tertiary/aromatic N) is 3. The van der Waals surface area contributed by atoms with Gasteiger partial charge in [0.2, 0.25) is 5.91 Å². The standard InChI is InChI=1S/C22H27N5O3/c1-3-18(15-6-8-16(9-7-15)26-10-4-5-11-26)25-22(29)27-14-20(28)24-19-12-17(30-2)13-23-21(19)27/h6-9,12-13,18H,3-5,10-11,14H2,1-2H3,(H,24,28)(H,25,29). The van der Waals surface area contributed by atoms with E-state index in [9.17, 15) is 9.59 Å². The van der Waals surface area contributed by atoms with Gasteiger partial charge in [0.15, 0.2) is 5.82 Å². The summed E-state index contributed by atoms with van der Waals surface area (Å²) in [6, 6.07) is 9.54. The van der Waals surface area contributed by atoms with E-state index in [1.54, 1.807) is 6.07 Å². The Balaban J connectivity index is 1.50. The number of urea groups is 1. The number of nitrogens with one attached hydrogen (secondary N) is 2. The fourth-order valence-corrected chi connectivity index (χ4v) is 3.97. The molecule has 3 heterocycles. The highest BCUT2D eigenvalue weighted by Gasteiger charge is 2.30.